The topological polar surface area (TPSA) is 46.5 Å². The Morgan fingerprint density at radius 1 is 1.33 bits per heavy atom. The molecule has 0 bridgehead atoms. The van der Waals surface area contributed by atoms with Gasteiger partial charge in [0.1, 0.15) is 12.2 Å². The second-order valence-electron chi connectivity index (χ2n) is 5.87. The quantitative estimate of drug-likeness (QED) is 0.826. The van der Waals surface area contributed by atoms with E-state index in [0.29, 0.717) is 22.9 Å². The van der Waals surface area contributed by atoms with Crippen molar-refractivity contribution in [3.05, 3.63) is 34.9 Å². The number of carbonyl (C=O) groups excluding carboxylic acids is 1. The Morgan fingerprint density at radius 3 is 2.67 bits per heavy atom. The maximum Gasteiger partial charge on any atom is 0.306 e. The summed E-state index contributed by atoms with van der Waals surface area (Å²) in [5.74, 6) is 0.219. The molecule has 2 rings (SSSR count). The lowest BCUT2D eigenvalue weighted by molar-refractivity contribution is -0.155. The van der Waals surface area contributed by atoms with Gasteiger partial charge in [-0.15, -0.1) is 0 Å². The molecule has 1 aromatic rings. The number of ether oxygens (including phenoxy) is 1. The van der Waals surface area contributed by atoms with E-state index < -0.39 is 12.2 Å². The predicted octanol–water partition coefficient (Wildman–Crippen LogP) is 4.28. The van der Waals surface area contributed by atoms with E-state index in [2.05, 4.69) is 0 Å². The fraction of sp³-hybridized carbons (Fsp3) is 0.588. The molecular weight excluding hydrogens is 288 g/mol. The summed E-state index contributed by atoms with van der Waals surface area (Å²) in [5, 5.41) is 10.7. The van der Waals surface area contributed by atoms with Crippen molar-refractivity contribution in [3.8, 4) is 0 Å². The van der Waals surface area contributed by atoms with E-state index in [0.717, 1.165) is 12.8 Å². The highest BCUT2D eigenvalue weighted by Gasteiger charge is 2.24. The van der Waals surface area contributed by atoms with Crippen LogP contribution in [-0.4, -0.2) is 17.2 Å². The van der Waals surface area contributed by atoms with Crippen molar-refractivity contribution >= 4 is 17.6 Å². The minimum atomic E-state index is -0.894. The maximum absolute atomic E-state index is 12.0. The van der Waals surface area contributed by atoms with Crippen LogP contribution in [0.3, 0.4) is 0 Å². The zero-order chi connectivity index (χ0) is 15.2. The van der Waals surface area contributed by atoms with Crippen LogP contribution in [0.4, 0.5) is 0 Å². The van der Waals surface area contributed by atoms with Gasteiger partial charge in [-0.05, 0) is 31.7 Å². The maximum atomic E-state index is 12.0. The first-order valence-corrected chi connectivity index (χ1v) is 8.07. The smallest absolute Gasteiger partial charge is 0.306 e. The van der Waals surface area contributed by atoms with Crippen LogP contribution in [0.2, 0.25) is 5.02 Å². The van der Waals surface area contributed by atoms with Crippen molar-refractivity contribution < 1.29 is 14.6 Å². The average Bonchev–Trinajstić information content (AvgIpc) is 2.48. The molecule has 0 spiro atoms. The van der Waals surface area contributed by atoms with Crippen molar-refractivity contribution in [3.63, 3.8) is 0 Å². The zero-order valence-corrected chi connectivity index (χ0v) is 13.2. The van der Waals surface area contributed by atoms with E-state index in [4.69, 9.17) is 16.3 Å². The van der Waals surface area contributed by atoms with Gasteiger partial charge in [0.2, 0.25) is 0 Å². The molecule has 1 saturated carbocycles. The van der Waals surface area contributed by atoms with Crippen molar-refractivity contribution in [1.29, 1.82) is 0 Å². The molecule has 2 atom stereocenters. The van der Waals surface area contributed by atoms with Crippen LogP contribution < -0.4 is 0 Å². The van der Waals surface area contributed by atoms with Gasteiger partial charge in [0.05, 0.1) is 0 Å². The number of aliphatic hydroxyl groups is 1. The van der Waals surface area contributed by atoms with Gasteiger partial charge in [0.25, 0.3) is 0 Å². The third-order valence-electron chi connectivity index (χ3n) is 4.17. The van der Waals surface area contributed by atoms with Gasteiger partial charge in [-0.3, -0.25) is 4.79 Å². The molecule has 0 saturated heterocycles. The van der Waals surface area contributed by atoms with Crippen LogP contribution in [0.1, 0.15) is 57.1 Å². The van der Waals surface area contributed by atoms with Crippen LogP contribution in [-0.2, 0) is 9.53 Å². The minimum Gasteiger partial charge on any atom is -0.460 e. The summed E-state index contributed by atoms with van der Waals surface area (Å²) in [6.07, 6.45) is 4.86. The third kappa shape index (κ3) is 4.72. The highest BCUT2D eigenvalue weighted by Crippen LogP contribution is 2.29. The van der Waals surface area contributed by atoms with Gasteiger partial charge in [-0.25, -0.2) is 0 Å². The summed E-state index contributed by atoms with van der Waals surface area (Å²) in [6, 6.07) is 7.08. The summed E-state index contributed by atoms with van der Waals surface area (Å²) in [5.41, 5.74) is 0.595. The number of esters is 1. The number of rotatable bonds is 5. The fourth-order valence-corrected chi connectivity index (χ4v) is 3.16. The first-order chi connectivity index (χ1) is 10.1. The predicted molar refractivity (Wildman–Crippen MR) is 83.2 cm³/mol. The molecule has 1 N–H and O–H groups in total. The average molecular weight is 311 g/mol. The first kappa shape index (κ1) is 16.3. The van der Waals surface area contributed by atoms with Crippen LogP contribution in [0.15, 0.2) is 24.3 Å². The standard InChI is InChI=1S/C17H23ClO3/c1-12(17(20)14-9-5-6-10-15(14)18)21-16(19)11-13-7-3-2-4-8-13/h5-6,9-10,12-13,17,20H,2-4,7-8,11H2,1H3. The molecule has 1 aliphatic rings. The van der Waals surface area contributed by atoms with Gasteiger partial charge >= 0.3 is 5.97 Å². The van der Waals surface area contributed by atoms with E-state index in [1.54, 1.807) is 31.2 Å². The van der Waals surface area contributed by atoms with E-state index in [9.17, 15) is 9.90 Å². The summed E-state index contributed by atoms with van der Waals surface area (Å²) in [6.45, 7) is 1.70. The molecule has 0 aromatic heterocycles. The van der Waals surface area contributed by atoms with Crippen molar-refractivity contribution in [2.75, 3.05) is 0 Å². The molecule has 1 aliphatic carbocycles. The number of benzene rings is 1. The molecule has 1 aromatic carbocycles. The van der Waals surface area contributed by atoms with Crippen molar-refractivity contribution in [2.24, 2.45) is 5.92 Å². The SMILES string of the molecule is CC(OC(=O)CC1CCCCC1)C(O)c1ccccc1Cl. The van der Waals surface area contributed by atoms with Crippen LogP contribution in [0.5, 0.6) is 0 Å². The summed E-state index contributed by atoms with van der Waals surface area (Å²) >= 11 is 6.05. The summed E-state index contributed by atoms with van der Waals surface area (Å²) in [7, 11) is 0. The molecule has 0 aliphatic heterocycles. The van der Waals surface area contributed by atoms with Crippen molar-refractivity contribution in [2.45, 2.75) is 57.7 Å². The van der Waals surface area contributed by atoms with Gasteiger partial charge < -0.3 is 9.84 Å². The van der Waals surface area contributed by atoms with Crippen LogP contribution in [0, 0.1) is 5.92 Å². The van der Waals surface area contributed by atoms with Gasteiger partial charge in [-0.2, -0.15) is 0 Å². The molecule has 2 unspecified atom stereocenters. The Hall–Kier alpha value is -1.06. The summed E-state index contributed by atoms with van der Waals surface area (Å²) in [4.78, 5) is 12.0. The van der Waals surface area contributed by atoms with Gasteiger partial charge in [-0.1, -0.05) is 49.1 Å². The number of carbonyl (C=O) groups is 1. The Kier molecular flexibility index (Phi) is 6.07. The third-order valence-corrected chi connectivity index (χ3v) is 4.51. The Balaban J connectivity index is 1.86. The number of aliphatic hydroxyl groups excluding tert-OH is 1. The fourth-order valence-electron chi connectivity index (χ4n) is 2.91. The Morgan fingerprint density at radius 2 is 2.00 bits per heavy atom. The lowest BCUT2D eigenvalue weighted by Gasteiger charge is -2.24. The minimum absolute atomic E-state index is 0.222. The largest absolute Gasteiger partial charge is 0.460 e. The first-order valence-electron chi connectivity index (χ1n) is 7.70. The molecule has 0 heterocycles. The lowest BCUT2D eigenvalue weighted by atomic mass is 9.87. The highest BCUT2D eigenvalue weighted by atomic mass is 35.5. The Labute approximate surface area is 131 Å². The zero-order valence-electron chi connectivity index (χ0n) is 12.4. The number of hydrogen-bond acceptors (Lipinski definition) is 3. The highest BCUT2D eigenvalue weighted by molar-refractivity contribution is 6.31. The second kappa shape index (κ2) is 7.81. The normalized spacial score (nSPS) is 19.0. The van der Waals surface area contributed by atoms with E-state index in [1.807, 2.05) is 0 Å². The molecular formula is C17H23ClO3. The van der Waals surface area contributed by atoms with E-state index in [1.165, 1.54) is 19.3 Å². The van der Waals surface area contributed by atoms with Crippen LogP contribution >= 0.6 is 11.6 Å². The van der Waals surface area contributed by atoms with E-state index in [-0.39, 0.29) is 5.97 Å². The van der Waals surface area contributed by atoms with Gasteiger partial charge in [0.15, 0.2) is 0 Å². The van der Waals surface area contributed by atoms with Crippen LogP contribution in [0.25, 0.3) is 0 Å². The Bertz CT molecular complexity index is 469. The molecule has 116 valence electrons. The van der Waals surface area contributed by atoms with Gasteiger partial charge in [0, 0.05) is 17.0 Å². The lowest BCUT2D eigenvalue weighted by Crippen LogP contribution is -2.24. The number of halogens is 1. The van der Waals surface area contributed by atoms with Crippen molar-refractivity contribution in [1.82, 2.24) is 0 Å². The molecule has 4 heteroatoms. The monoisotopic (exact) mass is 310 g/mol. The second-order valence-corrected chi connectivity index (χ2v) is 6.28. The molecule has 0 radical (unpaired) electrons. The molecule has 0 amide bonds. The van der Waals surface area contributed by atoms with E-state index >= 15 is 0 Å². The molecule has 3 nitrogen and oxygen atoms in total. The molecule has 21 heavy (non-hydrogen) atoms. The summed E-state index contributed by atoms with van der Waals surface area (Å²) < 4.78 is 5.38. The molecule has 1 fully saturated rings. The number of hydrogen-bond donors (Lipinski definition) is 1.